The Morgan fingerprint density at radius 3 is 2.60 bits per heavy atom. The molecule has 0 radical (unpaired) electrons. The van der Waals surface area contributed by atoms with Crippen molar-refractivity contribution in [1.82, 2.24) is 0 Å². The normalized spacial score (nSPS) is 13.6. The van der Waals surface area contributed by atoms with Gasteiger partial charge in [-0.05, 0) is 48.7 Å². The highest BCUT2D eigenvalue weighted by molar-refractivity contribution is 6.30. The third-order valence-corrected chi connectivity index (χ3v) is 3.68. The average Bonchev–Trinajstić information content (AvgIpc) is 2.47. The zero-order valence-electron chi connectivity index (χ0n) is 11.6. The number of carbonyl (C=O) groups is 1. The van der Waals surface area contributed by atoms with Gasteiger partial charge < -0.3 is 9.53 Å². The van der Waals surface area contributed by atoms with E-state index in [2.05, 4.69) is 0 Å². The first-order valence-corrected chi connectivity index (χ1v) is 6.80. The number of ether oxygens (including phenoxy) is 1. The first-order chi connectivity index (χ1) is 9.57. The topological polar surface area (TPSA) is 26.3 Å². The molecule has 0 saturated carbocycles. The highest BCUT2D eigenvalue weighted by Crippen LogP contribution is 2.29. The Hall–Kier alpha value is -1.80. The van der Waals surface area contributed by atoms with Gasteiger partial charge in [-0.2, -0.15) is 0 Å². The predicted molar refractivity (Wildman–Crippen MR) is 81.6 cm³/mol. The summed E-state index contributed by atoms with van der Waals surface area (Å²) in [6.45, 7) is 1.92. The second kappa shape index (κ2) is 6.10. The van der Waals surface area contributed by atoms with Gasteiger partial charge in [-0.1, -0.05) is 35.9 Å². The molecule has 0 saturated heterocycles. The van der Waals surface area contributed by atoms with Crippen LogP contribution in [0.15, 0.2) is 48.5 Å². The Kier molecular flexibility index (Phi) is 4.46. The lowest BCUT2D eigenvalue weighted by Gasteiger charge is -2.24. The molecule has 2 rings (SSSR count). The van der Waals surface area contributed by atoms with Crippen LogP contribution in [-0.4, -0.2) is 13.4 Å². The predicted octanol–water partition coefficient (Wildman–Crippen LogP) is 4.05. The molecule has 0 spiro atoms. The van der Waals surface area contributed by atoms with E-state index >= 15 is 0 Å². The van der Waals surface area contributed by atoms with Crippen molar-refractivity contribution in [3.05, 3.63) is 64.7 Å². The highest BCUT2D eigenvalue weighted by Gasteiger charge is 2.26. The maximum Gasteiger partial charge on any atom is 0.130 e. The van der Waals surface area contributed by atoms with Crippen LogP contribution in [0, 0.1) is 0 Å². The van der Waals surface area contributed by atoms with Gasteiger partial charge in [-0.3, -0.25) is 0 Å². The Balaban J connectivity index is 2.33. The summed E-state index contributed by atoms with van der Waals surface area (Å²) >= 11 is 6.02. The Bertz CT molecular complexity index is 609. The summed E-state index contributed by atoms with van der Waals surface area (Å²) in [6.07, 6.45) is 1.59. The SMILES string of the molecule is COc1cccc(CC(C)(C=O)c2cccc(Cl)c2)c1. The van der Waals surface area contributed by atoms with E-state index in [0.717, 1.165) is 23.2 Å². The van der Waals surface area contributed by atoms with E-state index in [0.29, 0.717) is 11.4 Å². The molecule has 2 aromatic carbocycles. The second-order valence-corrected chi connectivity index (χ2v) is 5.51. The zero-order valence-corrected chi connectivity index (χ0v) is 12.4. The fourth-order valence-electron chi connectivity index (χ4n) is 2.26. The molecule has 0 fully saturated rings. The first-order valence-electron chi connectivity index (χ1n) is 6.43. The molecule has 1 atom stereocenters. The minimum atomic E-state index is -0.600. The van der Waals surface area contributed by atoms with Gasteiger partial charge in [0.25, 0.3) is 0 Å². The van der Waals surface area contributed by atoms with E-state index in [-0.39, 0.29) is 0 Å². The van der Waals surface area contributed by atoms with Gasteiger partial charge in [-0.25, -0.2) is 0 Å². The Labute approximate surface area is 124 Å². The third-order valence-electron chi connectivity index (χ3n) is 3.45. The van der Waals surface area contributed by atoms with Crippen molar-refractivity contribution in [1.29, 1.82) is 0 Å². The smallest absolute Gasteiger partial charge is 0.130 e. The summed E-state index contributed by atoms with van der Waals surface area (Å²) in [5, 5.41) is 0.640. The van der Waals surface area contributed by atoms with E-state index in [9.17, 15) is 4.79 Å². The van der Waals surface area contributed by atoms with E-state index in [1.54, 1.807) is 7.11 Å². The van der Waals surface area contributed by atoms with Crippen LogP contribution in [0.4, 0.5) is 0 Å². The molecule has 0 amide bonds. The minimum absolute atomic E-state index is 0.600. The van der Waals surface area contributed by atoms with Crippen LogP contribution in [0.25, 0.3) is 0 Å². The van der Waals surface area contributed by atoms with Crippen molar-refractivity contribution in [2.24, 2.45) is 0 Å². The molecule has 0 N–H and O–H groups in total. The Morgan fingerprint density at radius 2 is 1.95 bits per heavy atom. The monoisotopic (exact) mass is 288 g/mol. The third kappa shape index (κ3) is 3.20. The number of aldehydes is 1. The van der Waals surface area contributed by atoms with Gasteiger partial charge in [0.15, 0.2) is 0 Å². The van der Waals surface area contributed by atoms with Gasteiger partial charge >= 0.3 is 0 Å². The van der Waals surface area contributed by atoms with E-state index < -0.39 is 5.41 Å². The number of hydrogen-bond acceptors (Lipinski definition) is 2. The lowest BCUT2D eigenvalue weighted by atomic mass is 9.78. The van der Waals surface area contributed by atoms with Crippen LogP contribution in [0.3, 0.4) is 0 Å². The molecular weight excluding hydrogens is 272 g/mol. The Morgan fingerprint density at radius 1 is 1.20 bits per heavy atom. The summed E-state index contributed by atoms with van der Waals surface area (Å²) in [5.74, 6) is 0.793. The molecule has 0 aromatic heterocycles. The van der Waals surface area contributed by atoms with Crippen LogP contribution in [-0.2, 0) is 16.6 Å². The summed E-state index contributed by atoms with van der Waals surface area (Å²) < 4.78 is 5.22. The molecule has 0 aliphatic heterocycles. The van der Waals surface area contributed by atoms with Crippen LogP contribution in [0.2, 0.25) is 5.02 Å². The van der Waals surface area contributed by atoms with E-state index in [1.807, 2.05) is 55.5 Å². The lowest BCUT2D eigenvalue weighted by molar-refractivity contribution is -0.112. The van der Waals surface area contributed by atoms with Crippen molar-refractivity contribution in [2.45, 2.75) is 18.8 Å². The lowest BCUT2D eigenvalue weighted by Crippen LogP contribution is -2.26. The maximum atomic E-state index is 11.6. The fourth-order valence-corrected chi connectivity index (χ4v) is 2.45. The number of benzene rings is 2. The number of halogens is 1. The zero-order chi connectivity index (χ0) is 14.6. The molecular formula is C17H17ClO2. The van der Waals surface area contributed by atoms with Crippen molar-refractivity contribution < 1.29 is 9.53 Å². The van der Waals surface area contributed by atoms with Gasteiger partial charge in [0.2, 0.25) is 0 Å². The quantitative estimate of drug-likeness (QED) is 0.776. The fraction of sp³-hybridized carbons (Fsp3) is 0.235. The number of rotatable bonds is 5. The molecule has 3 heteroatoms. The summed E-state index contributed by atoms with van der Waals surface area (Å²) in [6, 6.07) is 15.2. The molecule has 0 bridgehead atoms. The van der Waals surface area contributed by atoms with Gasteiger partial charge in [0, 0.05) is 5.02 Å². The summed E-state index contributed by atoms with van der Waals surface area (Å²) in [4.78, 5) is 11.6. The molecule has 104 valence electrons. The average molecular weight is 289 g/mol. The number of carbonyl (C=O) groups excluding carboxylic acids is 1. The van der Waals surface area contributed by atoms with Gasteiger partial charge in [0.05, 0.1) is 12.5 Å². The maximum absolute atomic E-state index is 11.6. The second-order valence-electron chi connectivity index (χ2n) is 5.07. The molecule has 20 heavy (non-hydrogen) atoms. The van der Waals surface area contributed by atoms with E-state index in [1.165, 1.54) is 0 Å². The van der Waals surface area contributed by atoms with Gasteiger partial charge in [0.1, 0.15) is 12.0 Å². The van der Waals surface area contributed by atoms with Gasteiger partial charge in [-0.15, -0.1) is 0 Å². The van der Waals surface area contributed by atoms with Crippen molar-refractivity contribution in [2.75, 3.05) is 7.11 Å². The van der Waals surface area contributed by atoms with Crippen molar-refractivity contribution in [3.63, 3.8) is 0 Å². The van der Waals surface area contributed by atoms with Crippen LogP contribution < -0.4 is 4.74 Å². The molecule has 2 aromatic rings. The summed E-state index contributed by atoms with van der Waals surface area (Å²) in [7, 11) is 1.63. The van der Waals surface area contributed by atoms with Crippen LogP contribution >= 0.6 is 11.6 Å². The molecule has 1 unspecified atom stereocenters. The van der Waals surface area contributed by atoms with Crippen LogP contribution in [0.1, 0.15) is 18.1 Å². The molecule has 0 aliphatic rings. The number of methoxy groups -OCH3 is 1. The molecule has 2 nitrogen and oxygen atoms in total. The summed E-state index contributed by atoms with van der Waals surface area (Å²) in [5.41, 5.74) is 1.37. The van der Waals surface area contributed by atoms with Crippen molar-refractivity contribution >= 4 is 17.9 Å². The standard InChI is InChI=1S/C17H17ClO2/c1-17(12-19,14-6-4-7-15(18)10-14)11-13-5-3-8-16(9-13)20-2/h3-10,12H,11H2,1-2H3. The van der Waals surface area contributed by atoms with E-state index in [4.69, 9.17) is 16.3 Å². The minimum Gasteiger partial charge on any atom is -0.497 e. The van der Waals surface area contributed by atoms with Crippen molar-refractivity contribution in [3.8, 4) is 5.75 Å². The highest BCUT2D eigenvalue weighted by atomic mass is 35.5. The number of hydrogen-bond donors (Lipinski definition) is 0. The molecule has 0 heterocycles. The van der Waals surface area contributed by atoms with Crippen LogP contribution in [0.5, 0.6) is 5.75 Å². The molecule has 0 aliphatic carbocycles. The first kappa shape index (κ1) is 14.6. The largest absolute Gasteiger partial charge is 0.497 e.